The quantitative estimate of drug-likeness (QED) is 0.280. The summed E-state index contributed by atoms with van der Waals surface area (Å²) in [4.78, 5) is 28.3. The van der Waals surface area contributed by atoms with E-state index in [0.717, 1.165) is 16.9 Å². The highest BCUT2D eigenvalue weighted by Crippen LogP contribution is 2.41. The normalized spacial score (nSPS) is 17.5. The molecule has 3 aromatic rings. The molecule has 0 spiro atoms. The lowest BCUT2D eigenvalue weighted by Crippen LogP contribution is -2.29. The Hall–Kier alpha value is -3.45. The van der Waals surface area contributed by atoms with Crippen LogP contribution in [0, 0.1) is 12.7 Å². The van der Waals surface area contributed by atoms with Crippen molar-refractivity contribution in [3.05, 3.63) is 92.9 Å². The van der Waals surface area contributed by atoms with Gasteiger partial charge < -0.3 is 14.7 Å². The van der Waals surface area contributed by atoms with Crippen molar-refractivity contribution in [3.8, 4) is 5.75 Å². The molecule has 1 fully saturated rings. The van der Waals surface area contributed by atoms with E-state index in [0.29, 0.717) is 17.9 Å². The van der Waals surface area contributed by atoms with Gasteiger partial charge in [0.15, 0.2) is 0 Å². The predicted octanol–water partition coefficient (Wildman–Crippen LogP) is 5.61. The van der Waals surface area contributed by atoms with Gasteiger partial charge in [0.05, 0.1) is 24.8 Å². The molecule has 2 aromatic carbocycles. The van der Waals surface area contributed by atoms with Gasteiger partial charge in [0.2, 0.25) is 0 Å². The number of amides is 1. The van der Waals surface area contributed by atoms with Crippen molar-refractivity contribution in [1.29, 1.82) is 0 Å². The summed E-state index contributed by atoms with van der Waals surface area (Å²) in [7, 11) is 0. The van der Waals surface area contributed by atoms with Crippen molar-refractivity contribution in [2.24, 2.45) is 0 Å². The summed E-state index contributed by atoms with van der Waals surface area (Å²) in [6.07, 6.45) is 0.859. The first-order chi connectivity index (χ1) is 15.9. The number of benzene rings is 2. The van der Waals surface area contributed by atoms with Gasteiger partial charge in [-0.2, -0.15) is 0 Å². The first-order valence-corrected chi connectivity index (χ1v) is 11.6. The van der Waals surface area contributed by atoms with E-state index in [1.54, 1.807) is 30.3 Å². The summed E-state index contributed by atoms with van der Waals surface area (Å²) in [6, 6.07) is 13.7. The molecule has 0 radical (unpaired) electrons. The van der Waals surface area contributed by atoms with E-state index >= 15 is 0 Å². The molecule has 4 rings (SSSR count). The number of ketones is 1. The number of rotatable bonds is 7. The maximum absolute atomic E-state index is 14.9. The molecule has 1 unspecified atom stereocenters. The largest absolute Gasteiger partial charge is 0.507 e. The minimum atomic E-state index is -1.04. The third-order valence-corrected chi connectivity index (χ3v) is 6.42. The predicted molar refractivity (Wildman–Crippen MR) is 126 cm³/mol. The number of Topliss-reactive ketones (excluding diaryl/α,β-unsaturated/α-hetero) is 1. The van der Waals surface area contributed by atoms with Crippen LogP contribution in [-0.2, 0) is 16.1 Å². The average Bonchev–Trinajstić information content (AvgIpc) is 3.41. The van der Waals surface area contributed by atoms with Gasteiger partial charge in [-0.25, -0.2) is 4.39 Å². The third-order valence-electron chi connectivity index (χ3n) is 5.56. The number of halogens is 1. The number of ether oxygens (including phenoxy) is 1. The molecule has 170 valence electrons. The number of hydrogen-bond acceptors (Lipinski definition) is 5. The number of thiophene rings is 1. The first kappa shape index (κ1) is 22.7. The van der Waals surface area contributed by atoms with E-state index in [1.807, 2.05) is 31.4 Å². The molecule has 1 atom stereocenters. The van der Waals surface area contributed by atoms with Crippen LogP contribution in [0.2, 0.25) is 0 Å². The minimum absolute atomic E-state index is 0.122. The monoisotopic (exact) mass is 465 g/mol. The van der Waals surface area contributed by atoms with Crippen LogP contribution < -0.4 is 4.74 Å². The second-order valence-corrected chi connectivity index (χ2v) is 8.89. The summed E-state index contributed by atoms with van der Waals surface area (Å²) in [6.45, 7) is 4.55. The van der Waals surface area contributed by atoms with Crippen LogP contribution in [-0.4, -0.2) is 28.3 Å². The molecule has 1 aromatic heterocycles. The van der Waals surface area contributed by atoms with Crippen molar-refractivity contribution >= 4 is 28.8 Å². The Bertz CT molecular complexity index is 1220. The molecule has 1 aliphatic heterocycles. The van der Waals surface area contributed by atoms with Gasteiger partial charge >= 0.3 is 0 Å². The average molecular weight is 466 g/mol. The van der Waals surface area contributed by atoms with Gasteiger partial charge in [-0.05, 0) is 54.6 Å². The lowest BCUT2D eigenvalue weighted by Gasteiger charge is -2.25. The molecule has 1 N–H and O–H groups in total. The van der Waals surface area contributed by atoms with Crippen LogP contribution in [0.1, 0.15) is 41.0 Å². The first-order valence-electron chi connectivity index (χ1n) is 10.7. The Morgan fingerprint density at radius 3 is 2.61 bits per heavy atom. The van der Waals surface area contributed by atoms with Crippen molar-refractivity contribution in [1.82, 2.24) is 4.90 Å². The maximum Gasteiger partial charge on any atom is 0.295 e. The van der Waals surface area contributed by atoms with Crippen LogP contribution in [0.3, 0.4) is 0 Å². The van der Waals surface area contributed by atoms with Crippen LogP contribution in [0.25, 0.3) is 5.76 Å². The van der Waals surface area contributed by atoms with Crippen molar-refractivity contribution in [3.63, 3.8) is 0 Å². The van der Waals surface area contributed by atoms with E-state index < -0.39 is 23.5 Å². The molecule has 2 heterocycles. The topological polar surface area (TPSA) is 66.8 Å². The number of likely N-dealkylation sites (tertiary alicyclic amines) is 1. The fourth-order valence-corrected chi connectivity index (χ4v) is 4.66. The van der Waals surface area contributed by atoms with Crippen LogP contribution in [0.4, 0.5) is 4.39 Å². The van der Waals surface area contributed by atoms with Gasteiger partial charge in [0, 0.05) is 16.0 Å². The minimum Gasteiger partial charge on any atom is -0.507 e. The zero-order chi connectivity index (χ0) is 23.5. The van der Waals surface area contributed by atoms with Gasteiger partial charge in [-0.1, -0.05) is 31.2 Å². The Morgan fingerprint density at radius 1 is 1.15 bits per heavy atom. The summed E-state index contributed by atoms with van der Waals surface area (Å²) >= 11 is 1.44. The molecular weight excluding hydrogens is 441 g/mol. The lowest BCUT2D eigenvalue weighted by molar-refractivity contribution is -0.140. The van der Waals surface area contributed by atoms with Crippen molar-refractivity contribution < 1.29 is 23.8 Å². The number of aliphatic hydroxyl groups excluding tert-OH is 1. The molecule has 7 heteroatoms. The molecule has 5 nitrogen and oxygen atoms in total. The zero-order valence-corrected chi connectivity index (χ0v) is 19.2. The van der Waals surface area contributed by atoms with Gasteiger partial charge in [0.1, 0.15) is 17.3 Å². The second kappa shape index (κ2) is 9.58. The molecule has 33 heavy (non-hydrogen) atoms. The number of nitrogens with zero attached hydrogens (tertiary/aromatic N) is 1. The number of aliphatic hydroxyl groups is 1. The second-order valence-electron chi connectivity index (χ2n) is 7.86. The highest BCUT2D eigenvalue weighted by Gasteiger charge is 2.47. The standard InChI is InChI=1S/C26H24FNO4S/c1-3-12-32-21-11-10-17(14-16(21)2)24(29)22-23(19-8-4-5-9-20(19)27)28(26(31)25(22)30)15-18-7-6-13-33-18/h4-11,13-14,23,29H,3,12,15H2,1-2H3/b24-22+. The fraction of sp³-hybridized carbons (Fsp3) is 0.231. The third kappa shape index (κ3) is 4.41. The van der Waals surface area contributed by atoms with Crippen molar-refractivity contribution in [2.45, 2.75) is 32.9 Å². The van der Waals surface area contributed by atoms with Crippen LogP contribution >= 0.6 is 11.3 Å². The van der Waals surface area contributed by atoms with E-state index in [2.05, 4.69) is 0 Å². The molecule has 0 aliphatic carbocycles. The number of hydrogen-bond donors (Lipinski definition) is 1. The van der Waals surface area contributed by atoms with E-state index in [1.165, 1.54) is 28.4 Å². The highest BCUT2D eigenvalue weighted by molar-refractivity contribution is 7.09. The number of carbonyl (C=O) groups is 2. The zero-order valence-electron chi connectivity index (χ0n) is 18.4. The summed E-state index contributed by atoms with van der Waals surface area (Å²) in [5.74, 6) is -1.80. The Morgan fingerprint density at radius 2 is 1.94 bits per heavy atom. The molecule has 1 aliphatic rings. The smallest absolute Gasteiger partial charge is 0.295 e. The van der Waals surface area contributed by atoms with Gasteiger partial charge in [-0.15, -0.1) is 11.3 Å². The van der Waals surface area contributed by atoms with Crippen molar-refractivity contribution in [2.75, 3.05) is 6.61 Å². The molecule has 1 amide bonds. The van der Waals surface area contributed by atoms with E-state index in [4.69, 9.17) is 4.74 Å². The molecule has 1 saturated heterocycles. The van der Waals surface area contributed by atoms with Gasteiger partial charge in [0.25, 0.3) is 11.7 Å². The molecule has 0 saturated carbocycles. The maximum atomic E-state index is 14.9. The number of aryl methyl sites for hydroxylation is 1. The fourth-order valence-electron chi connectivity index (χ4n) is 3.96. The van der Waals surface area contributed by atoms with E-state index in [9.17, 15) is 19.1 Å². The summed E-state index contributed by atoms with van der Waals surface area (Å²) < 4.78 is 20.5. The van der Waals surface area contributed by atoms with Crippen LogP contribution in [0.15, 0.2) is 65.6 Å². The van der Waals surface area contributed by atoms with E-state index in [-0.39, 0.29) is 23.4 Å². The lowest BCUT2D eigenvalue weighted by atomic mass is 9.94. The molecular formula is C26H24FNO4S. The summed E-state index contributed by atoms with van der Waals surface area (Å²) in [5, 5.41) is 13.1. The Balaban J connectivity index is 1.83. The SMILES string of the molecule is CCCOc1ccc(/C(O)=C2\C(=O)C(=O)N(Cc3cccs3)C2c2ccccc2F)cc1C. The summed E-state index contributed by atoms with van der Waals surface area (Å²) in [5.41, 5.74) is 1.19. The van der Waals surface area contributed by atoms with Gasteiger partial charge in [-0.3, -0.25) is 9.59 Å². The Kier molecular flexibility index (Phi) is 6.60. The Labute approximate surface area is 195 Å². The van der Waals surface area contributed by atoms with Crippen LogP contribution in [0.5, 0.6) is 5.75 Å². The number of carbonyl (C=O) groups excluding carboxylic acids is 2. The molecule has 0 bridgehead atoms. The highest BCUT2D eigenvalue weighted by atomic mass is 32.1.